The van der Waals surface area contributed by atoms with Crippen LogP contribution >= 0.6 is 0 Å². The van der Waals surface area contributed by atoms with Gasteiger partial charge in [-0.05, 0) is 29.8 Å². The number of benzene rings is 1. The standard InChI is InChI=1S/C19H18FN5O4/c20-12-6-4-11(5-7-12)10-25-17(24-14(16(21)27)15(26)19(25)29)18(28)23-9-13-3-1-2-8-22-13/h1-8,14,19,29H,9-10H2,(H2,21,27)(H,23,28). The molecule has 1 aromatic heterocycles. The smallest absolute Gasteiger partial charge is 0.287 e. The fourth-order valence-electron chi connectivity index (χ4n) is 2.76. The monoisotopic (exact) mass is 399 g/mol. The number of carbonyl (C=O) groups is 3. The Balaban J connectivity index is 1.87. The fourth-order valence-corrected chi connectivity index (χ4v) is 2.76. The first kappa shape index (κ1) is 20.1. The second kappa shape index (κ2) is 8.57. The largest absolute Gasteiger partial charge is 0.367 e. The van der Waals surface area contributed by atoms with Crippen LogP contribution in [0.4, 0.5) is 4.39 Å². The number of aliphatic hydroxyl groups excluding tert-OH is 1. The molecule has 3 rings (SSSR count). The van der Waals surface area contributed by atoms with Crippen molar-refractivity contribution < 1.29 is 23.9 Å². The molecule has 10 heteroatoms. The van der Waals surface area contributed by atoms with E-state index in [0.29, 0.717) is 11.3 Å². The van der Waals surface area contributed by atoms with E-state index in [-0.39, 0.29) is 18.9 Å². The van der Waals surface area contributed by atoms with Crippen LogP contribution in [0.2, 0.25) is 0 Å². The molecular formula is C19H18FN5O4. The predicted molar refractivity (Wildman–Crippen MR) is 99.5 cm³/mol. The summed E-state index contributed by atoms with van der Waals surface area (Å²) < 4.78 is 13.1. The Morgan fingerprint density at radius 3 is 2.55 bits per heavy atom. The molecule has 0 saturated carbocycles. The molecule has 9 nitrogen and oxygen atoms in total. The molecule has 0 spiro atoms. The van der Waals surface area contributed by atoms with Gasteiger partial charge in [-0.2, -0.15) is 0 Å². The number of carbonyl (C=O) groups excluding carboxylic acids is 3. The molecule has 29 heavy (non-hydrogen) atoms. The van der Waals surface area contributed by atoms with Crippen LogP contribution in [0.25, 0.3) is 0 Å². The number of nitrogens with zero attached hydrogens (tertiary/aromatic N) is 3. The molecule has 2 heterocycles. The highest BCUT2D eigenvalue weighted by Crippen LogP contribution is 2.17. The van der Waals surface area contributed by atoms with Crippen molar-refractivity contribution in [2.75, 3.05) is 0 Å². The van der Waals surface area contributed by atoms with Gasteiger partial charge in [0.2, 0.25) is 11.7 Å². The molecule has 1 aliphatic rings. The lowest BCUT2D eigenvalue weighted by Gasteiger charge is -2.34. The predicted octanol–water partition coefficient (Wildman–Crippen LogP) is -0.507. The Kier molecular flexibility index (Phi) is 5.93. The molecule has 2 aromatic rings. The minimum atomic E-state index is -1.81. The van der Waals surface area contributed by atoms with Crippen LogP contribution in [-0.4, -0.2) is 50.7 Å². The lowest BCUT2D eigenvalue weighted by molar-refractivity contribution is -0.140. The first-order valence-electron chi connectivity index (χ1n) is 8.65. The number of nitrogens with two attached hydrogens (primary N) is 1. The minimum absolute atomic E-state index is 0.0639. The Morgan fingerprint density at radius 2 is 1.93 bits per heavy atom. The SMILES string of the molecule is NC(=O)C1N=C(C(=O)NCc2ccccn2)N(Cc2ccc(F)cc2)C(O)C1=O. The van der Waals surface area contributed by atoms with Crippen molar-refractivity contribution in [3.63, 3.8) is 0 Å². The maximum Gasteiger partial charge on any atom is 0.287 e. The van der Waals surface area contributed by atoms with E-state index in [9.17, 15) is 23.9 Å². The molecule has 0 aliphatic carbocycles. The third-order valence-electron chi connectivity index (χ3n) is 4.24. The molecular weight excluding hydrogens is 381 g/mol. The summed E-state index contributed by atoms with van der Waals surface area (Å²) in [6, 6.07) is 8.79. The maximum absolute atomic E-state index is 13.1. The highest BCUT2D eigenvalue weighted by molar-refractivity contribution is 6.39. The van der Waals surface area contributed by atoms with Gasteiger partial charge in [0.15, 0.2) is 18.1 Å². The number of ketones is 1. The van der Waals surface area contributed by atoms with Crippen LogP contribution in [0.3, 0.4) is 0 Å². The molecule has 2 atom stereocenters. The number of hydrogen-bond donors (Lipinski definition) is 3. The lowest BCUT2D eigenvalue weighted by atomic mass is 10.1. The number of rotatable bonds is 6. The molecule has 0 fully saturated rings. The van der Waals surface area contributed by atoms with Gasteiger partial charge < -0.3 is 21.1 Å². The van der Waals surface area contributed by atoms with E-state index in [1.54, 1.807) is 24.4 Å². The summed E-state index contributed by atoms with van der Waals surface area (Å²) >= 11 is 0. The summed E-state index contributed by atoms with van der Waals surface area (Å²) in [6.07, 6.45) is -0.253. The molecule has 2 amide bonds. The molecule has 1 aromatic carbocycles. The highest BCUT2D eigenvalue weighted by atomic mass is 19.1. The zero-order chi connectivity index (χ0) is 21.0. The molecule has 0 radical (unpaired) electrons. The average Bonchev–Trinajstić information content (AvgIpc) is 2.72. The Morgan fingerprint density at radius 1 is 1.21 bits per heavy atom. The molecule has 4 N–H and O–H groups in total. The van der Waals surface area contributed by atoms with Crippen molar-refractivity contribution in [1.29, 1.82) is 0 Å². The second-order valence-corrected chi connectivity index (χ2v) is 6.29. The van der Waals surface area contributed by atoms with Gasteiger partial charge in [-0.15, -0.1) is 0 Å². The van der Waals surface area contributed by atoms with Gasteiger partial charge in [-0.25, -0.2) is 9.38 Å². The fraction of sp³-hybridized carbons (Fsp3) is 0.211. The first-order valence-corrected chi connectivity index (χ1v) is 8.65. The number of amides is 2. The van der Waals surface area contributed by atoms with Gasteiger partial charge >= 0.3 is 0 Å². The zero-order valence-electron chi connectivity index (χ0n) is 15.2. The van der Waals surface area contributed by atoms with E-state index in [1.807, 2.05) is 0 Å². The summed E-state index contributed by atoms with van der Waals surface area (Å²) in [4.78, 5) is 45.5. The van der Waals surface area contributed by atoms with Crippen LogP contribution in [-0.2, 0) is 27.5 Å². The number of Topliss-reactive ketones (excluding diaryl/α,β-unsaturated/α-hetero) is 1. The van der Waals surface area contributed by atoms with Crippen molar-refractivity contribution in [3.8, 4) is 0 Å². The zero-order valence-corrected chi connectivity index (χ0v) is 15.2. The van der Waals surface area contributed by atoms with Gasteiger partial charge in [-0.1, -0.05) is 18.2 Å². The van der Waals surface area contributed by atoms with Crippen LogP contribution in [0.1, 0.15) is 11.3 Å². The van der Waals surface area contributed by atoms with E-state index in [0.717, 1.165) is 4.90 Å². The lowest BCUT2D eigenvalue weighted by Crippen LogP contribution is -2.58. The van der Waals surface area contributed by atoms with Crippen molar-refractivity contribution in [2.45, 2.75) is 25.4 Å². The average molecular weight is 399 g/mol. The first-order chi connectivity index (χ1) is 13.9. The Hall–Kier alpha value is -3.66. The minimum Gasteiger partial charge on any atom is -0.367 e. The third kappa shape index (κ3) is 4.61. The number of primary amides is 1. The number of nitrogens with one attached hydrogen (secondary N) is 1. The van der Waals surface area contributed by atoms with Crippen molar-refractivity contribution in [1.82, 2.24) is 15.2 Å². The highest BCUT2D eigenvalue weighted by Gasteiger charge is 2.42. The summed E-state index contributed by atoms with van der Waals surface area (Å²) in [5.41, 5.74) is 6.27. The van der Waals surface area contributed by atoms with E-state index >= 15 is 0 Å². The summed E-state index contributed by atoms with van der Waals surface area (Å²) in [7, 11) is 0. The van der Waals surface area contributed by atoms with E-state index in [1.165, 1.54) is 24.3 Å². The molecule has 0 saturated heterocycles. The number of aliphatic hydroxyl groups is 1. The summed E-state index contributed by atoms with van der Waals surface area (Å²) in [5.74, 6) is -3.54. The van der Waals surface area contributed by atoms with Crippen LogP contribution in [0.5, 0.6) is 0 Å². The van der Waals surface area contributed by atoms with E-state index in [2.05, 4.69) is 15.3 Å². The van der Waals surface area contributed by atoms with E-state index < -0.39 is 35.7 Å². The Labute approximate surface area is 165 Å². The molecule has 0 bridgehead atoms. The molecule has 1 aliphatic heterocycles. The van der Waals surface area contributed by atoms with Gasteiger partial charge in [0.05, 0.1) is 12.2 Å². The molecule has 2 unspecified atom stereocenters. The number of hydrogen-bond acceptors (Lipinski definition) is 7. The molecule has 150 valence electrons. The van der Waals surface area contributed by atoms with Crippen molar-refractivity contribution in [3.05, 3.63) is 65.7 Å². The number of halogens is 1. The quantitative estimate of drug-likeness (QED) is 0.560. The van der Waals surface area contributed by atoms with Gasteiger partial charge in [0.1, 0.15) is 5.82 Å². The number of pyridine rings is 1. The van der Waals surface area contributed by atoms with Crippen LogP contribution < -0.4 is 11.1 Å². The van der Waals surface area contributed by atoms with E-state index in [4.69, 9.17) is 5.73 Å². The van der Waals surface area contributed by atoms with Gasteiger partial charge in [0.25, 0.3) is 5.91 Å². The number of aromatic nitrogens is 1. The second-order valence-electron chi connectivity index (χ2n) is 6.29. The van der Waals surface area contributed by atoms with Crippen LogP contribution in [0, 0.1) is 5.82 Å². The number of aliphatic imine (C=N–C) groups is 1. The maximum atomic E-state index is 13.1. The van der Waals surface area contributed by atoms with Crippen LogP contribution in [0.15, 0.2) is 53.7 Å². The van der Waals surface area contributed by atoms with Gasteiger partial charge in [0, 0.05) is 12.7 Å². The normalized spacial score (nSPS) is 18.9. The topological polar surface area (TPSA) is 138 Å². The van der Waals surface area contributed by atoms with Gasteiger partial charge in [-0.3, -0.25) is 19.4 Å². The van der Waals surface area contributed by atoms with Crippen molar-refractivity contribution >= 4 is 23.4 Å². The third-order valence-corrected chi connectivity index (χ3v) is 4.24. The number of amidine groups is 1. The summed E-state index contributed by atoms with van der Waals surface area (Å²) in [6.45, 7) is -0.0527. The summed E-state index contributed by atoms with van der Waals surface area (Å²) in [5, 5.41) is 13.0. The van der Waals surface area contributed by atoms with Crippen molar-refractivity contribution in [2.24, 2.45) is 10.7 Å². The Bertz CT molecular complexity index is 949.